The fourth-order valence-electron chi connectivity index (χ4n) is 3.93. The lowest BCUT2D eigenvalue weighted by atomic mass is 10.0. The molecule has 2 aromatic heterocycles. The van der Waals surface area contributed by atoms with E-state index in [2.05, 4.69) is 44.2 Å². The maximum absolute atomic E-state index is 9.23. The van der Waals surface area contributed by atoms with Crippen molar-refractivity contribution >= 4 is 46.3 Å². The van der Waals surface area contributed by atoms with Gasteiger partial charge in [0.1, 0.15) is 5.82 Å². The molecular formula is C24H23Cl2N7O. The fraction of sp³-hybridized carbons (Fsp3) is 0.208. The predicted octanol–water partition coefficient (Wildman–Crippen LogP) is 4.77. The number of nitrogens with one attached hydrogen (secondary N) is 3. The van der Waals surface area contributed by atoms with Gasteiger partial charge in [0.2, 0.25) is 5.95 Å². The van der Waals surface area contributed by atoms with Gasteiger partial charge >= 0.3 is 0 Å². The number of hydrogen-bond donors (Lipinski definition) is 4. The van der Waals surface area contributed by atoms with E-state index >= 15 is 0 Å². The highest BCUT2D eigenvalue weighted by Gasteiger charge is 2.15. The molecule has 0 radical (unpaired) electrons. The molecule has 0 saturated carbocycles. The van der Waals surface area contributed by atoms with Crippen molar-refractivity contribution in [1.82, 2.24) is 25.1 Å². The Morgan fingerprint density at radius 1 is 1.00 bits per heavy atom. The highest BCUT2D eigenvalue weighted by atomic mass is 35.5. The van der Waals surface area contributed by atoms with Gasteiger partial charge < -0.3 is 21.1 Å². The van der Waals surface area contributed by atoms with E-state index in [1.54, 1.807) is 35.3 Å². The van der Waals surface area contributed by atoms with Crippen LogP contribution in [0.25, 0.3) is 11.1 Å². The average Bonchev–Trinajstić information content (AvgIpc) is 3.27. The average molecular weight is 496 g/mol. The van der Waals surface area contributed by atoms with Crippen molar-refractivity contribution in [1.29, 1.82) is 0 Å². The molecule has 0 saturated heterocycles. The third kappa shape index (κ3) is 5.15. The largest absolute Gasteiger partial charge is 0.394 e. The lowest BCUT2D eigenvalue weighted by Crippen LogP contribution is -2.23. The van der Waals surface area contributed by atoms with E-state index in [-0.39, 0.29) is 6.61 Å². The number of fused-ring (bicyclic) bond motifs is 1. The standard InChI is InChI=1S/C24H23Cl2N7O/c25-18-8-19(26)10-21(9-18)31-24-28-13-22(17-12-29-33(14-17)5-6-34)23(32-24)30-20-2-1-15-3-4-27-11-16(15)7-20/h1-2,7-10,12-14,27,34H,3-6,11H2,(H2,28,30,31,32). The van der Waals surface area contributed by atoms with E-state index in [0.29, 0.717) is 34.0 Å². The number of halogens is 2. The summed E-state index contributed by atoms with van der Waals surface area (Å²) in [6.07, 6.45) is 6.36. The Bertz CT molecular complexity index is 1300. The Labute approximate surface area is 207 Å². The van der Waals surface area contributed by atoms with Crippen LogP contribution in [-0.4, -0.2) is 38.0 Å². The molecule has 10 heteroatoms. The number of benzene rings is 2. The third-order valence-corrected chi connectivity index (χ3v) is 5.97. The number of aromatic nitrogens is 4. The van der Waals surface area contributed by atoms with E-state index < -0.39 is 0 Å². The molecule has 0 amide bonds. The highest BCUT2D eigenvalue weighted by molar-refractivity contribution is 6.35. The van der Waals surface area contributed by atoms with Gasteiger partial charge in [0.15, 0.2) is 0 Å². The summed E-state index contributed by atoms with van der Waals surface area (Å²) in [4.78, 5) is 9.24. The van der Waals surface area contributed by atoms with Crippen LogP contribution in [0.4, 0.5) is 23.1 Å². The van der Waals surface area contributed by atoms with Gasteiger partial charge in [0.05, 0.1) is 19.3 Å². The molecule has 0 spiro atoms. The molecule has 0 bridgehead atoms. The molecular weight excluding hydrogens is 473 g/mol. The molecule has 34 heavy (non-hydrogen) atoms. The van der Waals surface area contributed by atoms with Crippen molar-refractivity contribution in [3.8, 4) is 11.1 Å². The molecule has 8 nitrogen and oxygen atoms in total. The Hall–Kier alpha value is -3.17. The first-order valence-corrected chi connectivity index (χ1v) is 11.7. The second-order valence-electron chi connectivity index (χ2n) is 7.99. The van der Waals surface area contributed by atoms with Crippen LogP contribution in [0.15, 0.2) is 55.0 Å². The Balaban J connectivity index is 1.50. The first-order valence-electron chi connectivity index (χ1n) is 10.9. The fourth-order valence-corrected chi connectivity index (χ4v) is 4.45. The zero-order valence-corrected chi connectivity index (χ0v) is 19.7. The van der Waals surface area contributed by atoms with Gasteiger partial charge in [-0.3, -0.25) is 4.68 Å². The molecule has 174 valence electrons. The second-order valence-corrected chi connectivity index (χ2v) is 8.86. The van der Waals surface area contributed by atoms with Crippen LogP contribution in [0.3, 0.4) is 0 Å². The van der Waals surface area contributed by atoms with Gasteiger partial charge in [-0.05, 0) is 54.4 Å². The predicted molar refractivity (Wildman–Crippen MR) is 135 cm³/mol. The molecule has 0 atom stereocenters. The molecule has 2 aromatic carbocycles. The quantitative estimate of drug-likeness (QED) is 0.293. The summed E-state index contributed by atoms with van der Waals surface area (Å²) in [6, 6.07) is 11.5. The molecule has 4 aromatic rings. The maximum atomic E-state index is 9.23. The monoisotopic (exact) mass is 495 g/mol. The molecule has 3 heterocycles. The minimum atomic E-state index is 0.0109. The topological polar surface area (TPSA) is 99.9 Å². The van der Waals surface area contributed by atoms with Crippen LogP contribution in [0.1, 0.15) is 11.1 Å². The third-order valence-electron chi connectivity index (χ3n) is 5.54. The number of aliphatic hydroxyl groups is 1. The van der Waals surface area contributed by atoms with E-state index in [0.717, 1.165) is 36.3 Å². The summed E-state index contributed by atoms with van der Waals surface area (Å²) in [5.41, 5.74) is 5.88. The molecule has 5 rings (SSSR count). The molecule has 1 aliphatic heterocycles. The van der Waals surface area contributed by atoms with Crippen LogP contribution in [0.2, 0.25) is 10.0 Å². The van der Waals surface area contributed by atoms with Gasteiger partial charge in [-0.1, -0.05) is 29.3 Å². The zero-order valence-electron chi connectivity index (χ0n) is 18.2. The van der Waals surface area contributed by atoms with Crippen molar-refractivity contribution < 1.29 is 5.11 Å². The SMILES string of the molecule is OCCn1cc(-c2cnc(Nc3cc(Cl)cc(Cl)c3)nc2Nc2ccc3c(c2)CNCC3)cn1. The lowest BCUT2D eigenvalue weighted by molar-refractivity contribution is 0.269. The van der Waals surface area contributed by atoms with Crippen molar-refractivity contribution in [3.05, 3.63) is 76.2 Å². The number of aliphatic hydroxyl groups excluding tert-OH is 1. The minimum Gasteiger partial charge on any atom is -0.394 e. The van der Waals surface area contributed by atoms with Crippen LogP contribution in [0.5, 0.6) is 0 Å². The summed E-state index contributed by atoms with van der Waals surface area (Å²) in [5.74, 6) is 1.02. The number of nitrogens with zero attached hydrogens (tertiary/aromatic N) is 4. The molecule has 0 unspecified atom stereocenters. The molecule has 1 aliphatic rings. The van der Waals surface area contributed by atoms with Gasteiger partial charge in [-0.2, -0.15) is 10.1 Å². The Morgan fingerprint density at radius 3 is 2.68 bits per heavy atom. The van der Waals surface area contributed by atoms with Gasteiger partial charge in [-0.25, -0.2) is 4.98 Å². The van der Waals surface area contributed by atoms with E-state index in [9.17, 15) is 5.11 Å². The van der Waals surface area contributed by atoms with E-state index in [1.165, 1.54) is 11.1 Å². The summed E-state index contributed by atoms with van der Waals surface area (Å²) >= 11 is 12.3. The van der Waals surface area contributed by atoms with Crippen molar-refractivity contribution in [3.63, 3.8) is 0 Å². The summed E-state index contributed by atoms with van der Waals surface area (Å²) in [6.45, 7) is 2.27. The van der Waals surface area contributed by atoms with Gasteiger partial charge in [-0.15, -0.1) is 0 Å². The normalized spacial score (nSPS) is 12.9. The van der Waals surface area contributed by atoms with Crippen LogP contribution in [-0.2, 0) is 19.5 Å². The Morgan fingerprint density at radius 2 is 1.85 bits per heavy atom. The van der Waals surface area contributed by atoms with Crippen molar-refractivity contribution in [2.75, 3.05) is 23.8 Å². The summed E-state index contributed by atoms with van der Waals surface area (Å²) in [5, 5.41) is 24.6. The summed E-state index contributed by atoms with van der Waals surface area (Å²) < 4.78 is 1.68. The minimum absolute atomic E-state index is 0.0109. The van der Waals surface area contributed by atoms with Gasteiger partial charge in [0, 0.05) is 51.5 Å². The number of hydrogen-bond acceptors (Lipinski definition) is 7. The Kier molecular flexibility index (Phi) is 6.64. The molecule has 0 fully saturated rings. The molecule has 4 N–H and O–H groups in total. The van der Waals surface area contributed by atoms with Crippen LogP contribution >= 0.6 is 23.2 Å². The number of anilines is 4. The summed E-state index contributed by atoms with van der Waals surface area (Å²) in [7, 11) is 0. The second kappa shape index (κ2) is 9.99. The number of rotatable bonds is 7. The van der Waals surface area contributed by atoms with Crippen LogP contribution < -0.4 is 16.0 Å². The maximum Gasteiger partial charge on any atom is 0.229 e. The van der Waals surface area contributed by atoms with E-state index in [1.807, 2.05) is 6.20 Å². The first-order chi connectivity index (χ1) is 16.6. The smallest absolute Gasteiger partial charge is 0.229 e. The van der Waals surface area contributed by atoms with Gasteiger partial charge in [0.25, 0.3) is 0 Å². The zero-order chi connectivity index (χ0) is 23.5. The van der Waals surface area contributed by atoms with Crippen molar-refractivity contribution in [2.45, 2.75) is 19.5 Å². The van der Waals surface area contributed by atoms with Crippen LogP contribution in [0, 0.1) is 0 Å². The lowest BCUT2D eigenvalue weighted by Gasteiger charge is -2.19. The van der Waals surface area contributed by atoms with E-state index in [4.69, 9.17) is 28.2 Å². The highest BCUT2D eigenvalue weighted by Crippen LogP contribution is 2.31. The molecule has 0 aliphatic carbocycles. The first kappa shape index (κ1) is 22.6. The van der Waals surface area contributed by atoms with Crippen molar-refractivity contribution in [2.24, 2.45) is 0 Å².